The molecule has 100 valence electrons. The van der Waals surface area contributed by atoms with E-state index in [1.165, 1.54) is 7.11 Å². The molecule has 0 unspecified atom stereocenters. The molecule has 0 aliphatic rings. The molecule has 0 atom stereocenters. The van der Waals surface area contributed by atoms with E-state index in [9.17, 15) is 9.59 Å². The molecule has 1 amide bonds. The van der Waals surface area contributed by atoms with Gasteiger partial charge in [0.25, 0.3) is 0 Å². The minimum absolute atomic E-state index is 0.147. The summed E-state index contributed by atoms with van der Waals surface area (Å²) in [7, 11) is 4.92. The molecule has 5 nitrogen and oxygen atoms in total. The second kappa shape index (κ2) is 8.98. The maximum Gasteiger partial charge on any atom is 0.306 e. The number of nitrogens with zero attached hydrogens (tertiary/aromatic N) is 2. The molecule has 0 aliphatic heterocycles. The van der Waals surface area contributed by atoms with Gasteiger partial charge in [0.05, 0.1) is 13.5 Å². The molecule has 0 aliphatic carbocycles. The lowest BCUT2D eigenvalue weighted by Crippen LogP contribution is -2.29. The summed E-state index contributed by atoms with van der Waals surface area (Å²) >= 11 is 0. The zero-order chi connectivity index (χ0) is 13.3. The normalized spacial score (nSPS) is 10.4. The third kappa shape index (κ3) is 7.74. The average molecular weight is 244 g/mol. The van der Waals surface area contributed by atoms with Crippen molar-refractivity contribution in [3.05, 3.63) is 0 Å². The maximum atomic E-state index is 11.4. The van der Waals surface area contributed by atoms with Gasteiger partial charge in [-0.15, -0.1) is 0 Å². The van der Waals surface area contributed by atoms with Gasteiger partial charge >= 0.3 is 5.97 Å². The summed E-state index contributed by atoms with van der Waals surface area (Å²) in [5.74, 6) is -0.0400. The van der Waals surface area contributed by atoms with Crippen molar-refractivity contribution in [2.75, 3.05) is 40.8 Å². The van der Waals surface area contributed by atoms with Crippen molar-refractivity contribution in [3.63, 3.8) is 0 Å². The topological polar surface area (TPSA) is 49.9 Å². The Hall–Kier alpha value is -1.10. The van der Waals surface area contributed by atoms with Gasteiger partial charge in [0.1, 0.15) is 0 Å². The number of rotatable bonds is 8. The number of hydrogen-bond acceptors (Lipinski definition) is 4. The largest absolute Gasteiger partial charge is 0.469 e. The van der Waals surface area contributed by atoms with Gasteiger partial charge in [-0.25, -0.2) is 0 Å². The van der Waals surface area contributed by atoms with E-state index < -0.39 is 0 Å². The standard InChI is InChI=1S/C12H24N2O3/c1-5-14(10-8-12(16)17-4)9-6-7-11(15)13(2)3/h5-10H2,1-4H3. The van der Waals surface area contributed by atoms with Gasteiger partial charge in [0, 0.05) is 27.1 Å². The first-order chi connectivity index (χ1) is 8.01. The van der Waals surface area contributed by atoms with Gasteiger partial charge in [-0.1, -0.05) is 6.92 Å². The Balaban J connectivity index is 3.75. The number of carbonyl (C=O) groups is 2. The van der Waals surface area contributed by atoms with Gasteiger partial charge in [-0.3, -0.25) is 9.59 Å². The second-order valence-corrected chi connectivity index (χ2v) is 4.15. The predicted octanol–water partition coefficient (Wildman–Crippen LogP) is 0.740. The van der Waals surface area contributed by atoms with Crippen molar-refractivity contribution in [2.24, 2.45) is 0 Å². The molecule has 0 rings (SSSR count). The summed E-state index contributed by atoms with van der Waals surface area (Å²) in [6.45, 7) is 4.46. The highest BCUT2D eigenvalue weighted by Crippen LogP contribution is 1.99. The molecule has 0 heterocycles. The molecule has 0 fully saturated rings. The Kier molecular flexibility index (Phi) is 8.40. The second-order valence-electron chi connectivity index (χ2n) is 4.15. The Labute approximate surface area is 104 Å². The van der Waals surface area contributed by atoms with Crippen molar-refractivity contribution >= 4 is 11.9 Å². The lowest BCUT2D eigenvalue weighted by Gasteiger charge is -2.19. The SMILES string of the molecule is CCN(CCCC(=O)N(C)C)CCC(=O)OC. The molecular weight excluding hydrogens is 220 g/mol. The van der Waals surface area contributed by atoms with E-state index in [-0.39, 0.29) is 11.9 Å². The fourth-order valence-corrected chi connectivity index (χ4v) is 1.46. The highest BCUT2D eigenvalue weighted by molar-refractivity contribution is 5.75. The van der Waals surface area contributed by atoms with E-state index in [2.05, 4.69) is 9.64 Å². The zero-order valence-corrected chi connectivity index (χ0v) is 11.4. The molecule has 0 spiro atoms. The molecule has 17 heavy (non-hydrogen) atoms. The number of ether oxygens (including phenoxy) is 1. The number of amides is 1. The Bertz CT molecular complexity index is 242. The Morgan fingerprint density at radius 1 is 1.12 bits per heavy atom. The van der Waals surface area contributed by atoms with E-state index in [1.807, 2.05) is 6.92 Å². The van der Waals surface area contributed by atoms with Crippen molar-refractivity contribution in [1.29, 1.82) is 0 Å². The smallest absolute Gasteiger partial charge is 0.306 e. The minimum Gasteiger partial charge on any atom is -0.469 e. The summed E-state index contributed by atoms with van der Waals surface area (Å²) in [6, 6.07) is 0. The zero-order valence-electron chi connectivity index (χ0n) is 11.4. The summed E-state index contributed by atoms with van der Waals surface area (Å²) in [5.41, 5.74) is 0. The van der Waals surface area contributed by atoms with Crippen molar-refractivity contribution in [3.8, 4) is 0 Å². The first-order valence-corrected chi connectivity index (χ1v) is 6.00. The van der Waals surface area contributed by atoms with Crippen molar-refractivity contribution < 1.29 is 14.3 Å². The molecule has 0 aromatic heterocycles. The van der Waals surface area contributed by atoms with E-state index in [4.69, 9.17) is 0 Å². The monoisotopic (exact) mass is 244 g/mol. The van der Waals surface area contributed by atoms with E-state index >= 15 is 0 Å². The predicted molar refractivity (Wildman–Crippen MR) is 66.7 cm³/mol. The van der Waals surface area contributed by atoms with Gasteiger partial charge in [-0.2, -0.15) is 0 Å². The summed E-state index contributed by atoms with van der Waals surface area (Å²) in [5, 5.41) is 0. The number of hydrogen-bond donors (Lipinski definition) is 0. The molecule has 0 aromatic rings. The van der Waals surface area contributed by atoms with Crippen LogP contribution in [0.25, 0.3) is 0 Å². The lowest BCUT2D eigenvalue weighted by atomic mass is 10.2. The first kappa shape index (κ1) is 15.9. The van der Waals surface area contributed by atoms with Crippen LogP contribution in [-0.2, 0) is 14.3 Å². The van der Waals surface area contributed by atoms with Crippen LogP contribution in [0.3, 0.4) is 0 Å². The summed E-state index contributed by atoms with van der Waals surface area (Å²) in [6.07, 6.45) is 1.79. The molecule has 5 heteroatoms. The number of methoxy groups -OCH3 is 1. The summed E-state index contributed by atoms with van der Waals surface area (Å²) < 4.78 is 4.59. The van der Waals surface area contributed by atoms with Crippen LogP contribution < -0.4 is 0 Å². The summed E-state index contributed by atoms with van der Waals surface area (Å²) in [4.78, 5) is 26.1. The molecular formula is C12H24N2O3. The number of carbonyl (C=O) groups excluding carboxylic acids is 2. The molecule has 0 bridgehead atoms. The molecule has 0 aromatic carbocycles. The van der Waals surface area contributed by atoms with Crippen LogP contribution in [0.2, 0.25) is 0 Å². The van der Waals surface area contributed by atoms with Crippen LogP contribution in [0.4, 0.5) is 0 Å². The third-order valence-electron chi connectivity index (χ3n) is 2.67. The molecule has 0 saturated carbocycles. The molecule has 0 N–H and O–H groups in total. The fraction of sp³-hybridized carbons (Fsp3) is 0.833. The van der Waals surface area contributed by atoms with E-state index in [1.54, 1.807) is 19.0 Å². The quantitative estimate of drug-likeness (QED) is 0.591. The van der Waals surface area contributed by atoms with Crippen molar-refractivity contribution in [1.82, 2.24) is 9.80 Å². The highest BCUT2D eigenvalue weighted by Gasteiger charge is 2.08. The first-order valence-electron chi connectivity index (χ1n) is 6.00. The molecule has 0 radical (unpaired) electrons. The lowest BCUT2D eigenvalue weighted by molar-refractivity contribution is -0.141. The third-order valence-corrected chi connectivity index (χ3v) is 2.67. The molecule has 0 saturated heterocycles. The van der Waals surface area contributed by atoms with E-state index in [0.29, 0.717) is 19.4 Å². The highest BCUT2D eigenvalue weighted by atomic mass is 16.5. The fourth-order valence-electron chi connectivity index (χ4n) is 1.46. The minimum atomic E-state index is -0.187. The van der Waals surface area contributed by atoms with Crippen LogP contribution in [0.15, 0.2) is 0 Å². The van der Waals surface area contributed by atoms with Gasteiger partial charge < -0.3 is 14.5 Å². The van der Waals surface area contributed by atoms with Crippen molar-refractivity contribution in [2.45, 2.75) is 26.2 Å². The Morgan fingerprint density at radius 2 is 1.76 bits per heavy atom. The van der Waals surface area contributed by atoms with Crippen LogP contribution >= 0.6 is 0 Å². The van der Waals surface area contributed by atoms with Gasteiger partial charge in [0.15, 0.2) is 0 Å². The maximum absolute atomic E-state index is 11.4. The number of esters is 1. The van der Waals surface area contributed by atoms with Gasteiger partial charge in [0.2, 0.25) is 5.91 Å². The van der Waals surface area contributed by atoms with Crippen LogP contribution in [-0.4, -0.2) is 62.5 Å². The van der Waals surface area contributed by atoms with Crippen LogP contribution in [0.5, 0.6) is 0 Å². The van der Waals surface area contributed by atoms with Crippen LogP contribution in [0, 0.1) is 0 Å². The van der Waals surface area contributed by atoms with E-state index in [0.717, 1.165) is 19.5 Å². The average Bonchev–Trinajstić information content (AvgIpc) is 2.32. The Morgan fingerprint density at radius 3 is 2.24 bits per heavy atom. The van der Waals surface area contributed by atoms with Crippen LogP contribution in [0.1, 0.15) is 26.2 Å². The van der Waals surface area contributed by atoms with Gasteiger partial charge in [-0.05, 0) is 19.5 Å².